The Morgan fingerprint density at radius 2 is 1.93 bits per heavy atom. The van der Waals surface area contributed by atoms with Crippen molar-refractivity contribution in [3.05, 3.63) is 78.2 Å². The molecule has 0 aliphatic rings. The van der Waals surface area contributed by atoms with E-state index in [2.05, 4.69) is 63.0 Å². The predicted octanol–water partition coefficient (Wildman–Crippen LogP) is 2.96. The lowest BCUT2D eigenvalue weighted by Gasteiger charge is -2.11. The molecule has 0 saturated heterocycles. The van der Waals surface area contributed by atoms with Gasteiger partial charge in [-0.3, -0.25) is 0 Å². The third-order valence-corrected chi connectivity index (χ3v) is 4.09. The molecule has 0 aliphatic heterocycles. The van der Waals surface area contributed by atoms with Gasteiger partial charge in [-0.15, -0.1) is 0 Å². The van der Waals surface area contributed by atoms with Gasteiger partial charge in [0, 0.05) is 31.7 Å². The van der Waals surface area contributed by atoms with Crippen LogP contribution in [0, 0.1) is 0 Å². The third kappa shape index (κ3) is 5.95. The molecule has 3 aromatic rings. The number of guanidine groups is 1. The highest BCUT2D eigenvalue weighted by molar-refractivity contribution is 5.79. The van der Waals surface area contributed by atoms with Crippen LogP contribution < -0.4 is 10.6 Å². The van der Waals surface area contributed by atoms with Gasteiger partial charge in [0.15, 0.2) is 11.8 Å². The second kappa shape index (κ2) is 10.1. The van der Waals surface area contributed by atoms with Crippen molar-refractivity contribution in [2.45, 2.75) is 26.3 Å². The molecule has 0 bridgehead atoms. The maximum absolute atomic E-state index is 4.69. The van der Waals surface area contributed by atoms with E-state index in [0.29, 0.717) is 6.54 Å². The van der Waals surface area contributed by atoms with Gasteiger partial charge in [-0.05, 0) is 49.1 Å². The maximum atomic E-state index is 4.69. The number of rotatable bonds is 8. The van der Waals surface area contributed by atoms with Crippen LogP contribution in [0.25, 0.3) is 5.82 Å². The quantitative estimate of drug-likeness (QED) is 0.367. The molecule has 6 nitrogen and oxygen atoms in total. The second-order valence-electron chi connectivity index (χ2n) is 6.18. The number of aryl methyl sites for hydroxylation is 1. The van der Waals surface area contributed by atoms with Gasteiger partial charge in [0.05, 0.1) is 6.54 Å². The summed E-state index contributed by atoms with van der Waals surface area (Å²) in [6.07, 6.45) is 7.54. The van der Waals surface area contributed by atoms with E-state index in [9.17, 15) is 0 Å². The molecule has 6 heteroatoms. The molecule has 27 heavy (non-hydrogen) atoms. The Kier molecular flexibility index (Phi) is 6.98. The molecular weight excluding hydrogens is 336 g/mol. The van der Waals surface area contributed by atoms with E-state index in [0.717, 1.165) is 43.3 Å². The van der Waals surface area contributed by atoms with Crippen LogP contribution >= 0.6 is 0 Å². The number of nitrogens with zero attached hydrogens (tertiary/aromatic N) is 4. The summed E-state index contributed by atoms with van der Waals surface area (Å²) in [5.41, 5.74) is 2.46. The summed E-state index contributed by atoms with van der Waals surface area (Å²) in [5, 5.41) is 10.9. The number of benzene rings is 1. The van der Waals surface area contributed by atoms with Gasteiger partial charge in [-0.2, -0.15) is 5.10 Å². The molecule has 0 spiro atoms. The van der Waals surface area contributed by atoms with Crippen molar-refractivity contribution < 1.29 is 0 Å². The fraction of sp³-hybridized carbons (Fsp3) is 0.286. The minimum atomic E-state index is 0.588. The molecule has 1 aromatic carbocycles. The van der Waals surface area contributed by atoms with Gasteiger partial charge in [0.25, 0.3) is 0 Å². The number of nitrogens with one attached hydrogen (secondary N) is 2. The number of pyridine rings is 1. The molecule has 2 aromatic heterocycles. The van der Waals surface area contributed by atoms with E-state index in [4.69, 9.17) is 0 Å². The molecule has 0 radical (unpaired) electrons. The number of hydrogen-bond acceptors (Lipinski definition) is 3. The van der Waals surface area contributed by atoms with Crippen LogP contribution in [-0.2, 0) is 13.0 Å². The molecule has 140 valence electrons. The minimum absolute atomic E-state index is 0.588. The second-order valence-corrected chi connectivity index (χ2v) is 6.18. The lowest BCUT2D eigenvalue weighted by Crippen LogP contribution is -2.37. The Hall–Kier alpha value is -3.15. The van der Waals surface area contributed by atoms with Crippen molar-refractivity contribution in [2.24, 2.45) is 4.99 Å². The lowest BCUT2D eigenvalue weighted by molar-refractivity contribution is 0.743. The molecule has 0 amide bonds. The average Bonchev–Trinajstić information content (AvgIpc) is 3.25. The fourth-order valence-corrected chi connectivity index (χ4v) is 2.74. The zero-order valence-electron chi connectivity index (χ0n) is 15.7. The third-order valence-electron chi connectivity index (χ3n) is 4.09. The summed E-state index contributed by atoms with van der Waals surface area (Å²) in [6, 6.07) is 16.4. The van der Waals surface area contributed by atoms with Crippen LogP contribution in [0.5, 0.6) is 0 Å². The van der Waals surface area contributed by atoms with Crippen molar-refractivity contribution in [2.75, 3.05) is 13.1 Å². The average molecular weight is 362 g/mol. The van der Waals surface area contributed by atoms with Crippen LogP contribution in [0.4, 0.5) is 0 Å². The van der Waals surface area contributed by atoms with E-state index in [-0.39, 0.29) is 0 Å². The van der Waals surface area contributed by atoms with Crippen molar-refractivity contribution in [1.82, 2.24) is 25.4 Å². The van der Waals surface area contributed by atoms with E-state index in [1.54, 1.807) is 17.1 Å². The summed E-state index contributed by atoms with van der Waals surface area (Å²) < 4.78 is 1.75. The molecule has 0 saturated carbocycles. The molecule has 0 aliphatic carbocycles. The van der Waals surface area contributed by atoms with Crippen LogP contribution in [-0.4, -0.2) is 33.8 Å². The zero-order chi connectivity index (χ0) is 18.7. The van der Waals surface area contributed by atoms with Crippen LogP contribution in [0.3, 0.4) is 0 Å². The van der Waals surface area contributed by atoms with Gasteiger partial charge in [0.2, 0.25) is 0 Å². The Labute approximate surface area is 160 Å². The Morgan fingerprint density at radius 1 is 1.04 bits per heavy atom. The highest BCUT2D eigenvalue weighted by Gasteiger charge is 2.01. The minimum Gasteiger partial charge on any atom is -0.357 e. The highest BCUT2D eigenvalue weighted by Crippen LogP contribution is 2.07. The fourth-order valence-electron chi connectivity index (χ4n) is 2.74. The normalized spacial score (nSPS) is 11.4. The first kappa shape index (κ1) is 18.6. The largest absolute Gasteiger partial charge is 0.357 e. The van der Waals surface area contributed by atoms with Crippen molar-refractivity contribution in [3.8, 4) is 5.82 Å². The summed E-state index contributed by atoms with van der Waals surface area (Å²) in [7, 11) is 0. The number of aliphatic imine (C=N–C) groups is 1. The predicted molar refractivity (Wildman–Crippen MR) is 109 cm³/mol. The monoisotopic (exact) mass is 362 g/mol. The lowest BCUT2D eigenvalue weighted by atomic mass is 10.1. The van der Waals surface area contributed by atoms with Gasteiger partial charge in [0.1, 0.15) is 0 Å². The van der Waals surface area contributed by atoms with Gasteiger partial charge in [-0.1, -0.05) is 30.3 Å². The summed E-state index contributed by atoms with van der Waals surface area (Å²) >= 11 is 0. The van der Waals surface area contributed by atoms with Crippen LogP contribution in [0.1, 0.15) is 24.5 Å². The molecule has 0 atom stereocenters. The summed E-state index contributed by atoms with van der Waals surface area (Å²) in [6.45, 7) is 4.38. The first-order valence-corrected chi connectivity index (χ1v) is 9.36. The molecule has 2 N–H and O–H groups in total. The van der Waals surface area contributed by atoms with Crippen LogP contribution in [0.15, 0.2) is 72.1 Å². The van der Waals surface area contributed by atoms with E-state index < -0.39 is 0 Å². The van der Waals surface area contributed by atoms with E-state index in [1.165, 1.54) is 5.56 Å². The molecule has 3 rings (SSSR count). The topological polar surface area (TPSA) is 67.1 Å². The van der Waals surface area contributed by atoms with Crippen molar-refractivity contribution in [1.29, 1.82) is 0 Å². The maximum Gasteiger partial charge on any atom is 0.191 e. The molecule has 0 unspecified atom stereocenters. The van der Waals surface area contributed by atoms with Crippen LogP contribution in [0.2, 0.25) is 0 Å². The molecule has 2 heterocycles. The Balaban J connectivity index is 1.53. The van der Waals surface area contributed by atoms with Gasteiger partial charge >= 0.3 is 0 Å². The van der Waals surface area contributed by atoms with E-state index >= 15 is 0 Å². The highest BCUT2D eigenvalue weighted by atomic mass is 15.3. The Morgan fingerprint density at radius 3 is 2.70 bits per heavy atom. The standard InChI is InChI=1S/C21H26N6/c1-2-22-21(24-12-6-10-18-8-4-3-5-9-18)25-17-19-11-14-23-20(16-19)27-15-7-13-26-27/h3-5,7-9,11,13-16H,2,6,10,12,17H2,1H3,(H2,22,24,25). The first-order chi connectivity index (χ1) is 13.3. The molecule has 0 fully saturated rings. The number of hydrogen-bond donors (Lipinski definition) is 2. The van der Waals surface area contributed by atoms with Crippen molar-refractivity contribution >= 4 is 5.96 Å². The zero-order valence-corrected chi connectivity index (χ0v) is 15.7. The smallest absolute Gasteiger partial charge is 0.191 e. The van der Waals surface area contributed by atoms with Gasteiger partial charge in [-0.25, -0.2) is 14.7 Å². The summed E-state index contributed by atoms with van der Waals surface area (Å²) in [4.78, 5) is 9.04. The summed E-state index contributed by atoms with van der Waals surface area (Å²) in [5.74, 6) is 1.64. The van der Waals surface area contributed by atoms with Gasteiger partial charge < -0.3 is 10.6 Å². The molecular formula is C21H26N6. The SMILES string of the molecule is CCNC(=NCc1ccnc(-n2cccn2)c1)NCCCc1ccccc1. The first-order valence-electron chi connectivity index (χ1n) is 9.36. The number of aromatic nitrogens is 3. The Bertz CT molecular complexity index is 827. The van der Waals surface area contributed by atoms with Crippen molar-refractivity contribution in [3.63, 3.8) is 0 Å². The van der Waals surface area contributed by atoms with E-state index in [1.807, 2.05) is 24.4 Å².